The van der Waals surface area contributed by atoms with Crippen LogP contribution in [0.4, 0.5) is 5.95 Å². The summed E-state index contributed by atoms with van der Waals surface area (Å²) in [6.07, 6.45) is 7.15. The molecule has 1 atom stereocenters. The van der Waals surface area contributed by atoms with E-state index in [9.17, 15) is 4.79 Å². The van der Waals surface area contributed by atoms with E-state index in [0.717, 1.165) is 44.8 Å². The van der Waals surface area contributed by atoms with Crippen molar-refractivity contribution in [1.29, 1.82) is 0 Å². The number of aromatic nitrogens is 2. The first-order valence-corrected chi connectivity index (χ1v) is 6.68. The molecular weight excluding hydrogens is 230 g/mol. The second-order valence-electron chi connectivity index (χ2n) is 4.90. The van der Waals surface area contributed by atoms with Gasteiger partial charge < -0.3 is 14.6 Å². The molecule has 1 aliphatic rings. The number of rotatable bonds is 5. The first kappa shape index (κ1) is 12.9. The molecule has 1 aromatic rings. The lowest BCUT2D eigenvalue weighted by Gasteiger charge is -2.33. The largest absolute Gasteiger partial charge is 0.481 e. The average Bonchev–Trinajstić information content (AvgIpc) is 2.85. The van der Waals surface area contributed by atoms with Crippen LogP contribution in [0.1, 0.15) is 32.6 Å². The van der Waals surface area contributed by atoms with Crippen molar-refractivity contribution in [2.75, 3.05) is 18.0 Å². The summed E-state index contributed by atoms with van der Waals surface area (Å²) < 4.78 is 2.14. The first-order valence-electron chi connectivity index (χ1n) is 6.68. The van der Waals surface area contributed by atoms with E-state index in [-0.39, 0.29) is 6.42 Å². The molecule has 5 heteroatoms. The molecule has 1 fully saturated rings. The molecule has 2 rings (SSSR count). The van der Waals surface area contributed by atoms with Gasteiger partial charge in [0, 0.05) is 38.4 Å². The van der Waals surface area contributed by atoms with Crippen molar-refractivity contribution in [3.8, 4) is 0 Å². The number of carboxylic acid groups (broad SMARTS) is 1. The molecule has 1 saturated heterocycles. The van der Waals surface area contributed by atoms with Gasteiger partial charge in [0.05, 0.1) is 0 Å². The summed E-state index contributed by atoms with van der Waals surface area (Å²) in [6, 6.07) is 0. The van der Waals surface area contributed by atoms with E-state index in [2.05, 4.69) is 21.4 Å². The Balaban J connectivity index is 1.96. The van der Waals surface area contributed by atoms with Gasteiger partial charge in [0.2, 0.25) is 5.95 Å². The van der Waals surface area contributed by atoms with Crippen LogP contribution < -0.4 is 4.90 Å². The van der Waals surface area contributed by atoms with Gasteiger partial charge >= 0.3 is 5.97 Å². The third-order valence-electron chi connectivity index (χ3n) is 3.60. The Morgan fingerprint density at radius 2 is 2.44 bits per heavy atom. The van der Waals surface area contributed by atoms with E-state index in [1.807, 2.05) is 12.4 Å². The number of aliphatic carboxylic acids is 1. The third kappa shape index (κ3) is 3.03. The van der Waals surface area contributed by atoms with Crippen LogP contribution in [0.25, 0.3) is 0 Å². The highest BCUT2D eigenvalue weighted by atomic mass is 16.4. The lowest BCUT2D eigenvalue weighted by atomic mass is 9.93. The molecule has 1 aromatic heterocycles. The minimum atomic E-state index is -0.692. The summed E-state index contributed by atoms with van der Waals surface area (Å²) in [4.78, 5) is 17.3. The maximum atomic E-state index is 10.6. The second kappa shape index (κ2) is 5.89. The maximum absolute atomic E-state index is 10.6. The van der Waals surface area contributed by atoms with Crippen LogP contribution in [-0.4, -0.2) is 33.7 Å². The molecule has 0 aliphatic carbocycles. The number of aryl methyl sites for hydroxylation is 1. The van der Waals surface area contributed by atoms with Crippen LogP contribution in [-0.2, 0) is 11.3 Å². The van der Waals surface area contributed by atoms with Crippen LogP contribution >= 0.6 is 0 Å². The Morgan fingerprint density at radius 3 is 3.17 bits per heavy atom. The van der Waals surface area contributed by atoms with Crippen molar-refractivity contribution in [3.05, 3.63) is 12.4 Å². The lowest BCUT2D eigenvalue weighted by molar-refractivity contribution is -0.137. The standard InChI is InChI=1S/C13H21N3O2/c1-2-15-9-7-14-13(15)16-8-3-4-11(10-16)5-6-12(17)18/h7,9,11H,2-6,8,10H2,1H3,(H,17,18). The van der Waals surface area contributed by atoms with Gasteiger partial charge in [0.15, 0.2) is 0 Å². The number of carbonyl (C=O) groups is 1. The Labute approximate surface area is 107 Å². The molecule has 0 saturated carbocycles. The number of anilines is 1. The zero-order valence-corrected chi connectivity index (χ0v) is 10.9. The van der Waals surface area contributed by atoms with Crippen LogP contribution in [0.5, 0.6) is 0 Å². The molecule has 0 radical (unpaired) electrons. The van der Waals surface area contributed by atoms with Crippen LogP contribution in [0.3, 0.4) is 0 Å². The van der Waals surface area contributed by atoms with Gasteiger partial charge in [-0.1, -0.05) is 0 Å². The molecule has 0 bridgehead atoms. The summed E-state index contributed by atoms with van der Waals surface area (Å²) in [5.41, 5.74) is 0. The van der Waals surface area contributed by atoms with Gasteiger partial charge in [-0.25, -0.2) is 4.98 Å². The van der Waals surface area contributed by atoms with Gasteiger partial charge in [-0.2, -0.15) is 0 Å². The molecule has 0 spiro atoms. The van der Waals surface area contributed by atoms with E-state index in [1.54, 1.807) is 0 Å². The highest BCUT2D eigenvalue weighted by Gasteiger charge is 2.22. The highest BCUT2D eigenvalue weighted by Crippen LogP contribution is 2.24. The molecule has 0 amide bonds. The Hall–Kier alpha value is -1.52. The zero-order valence-electron chi connectivity index (χ0n) is 10.9. The lowest BCUT2D eigenvalue weighted by Crippen LogP contribution is -2.37. The summed E-state index contributed by atoms with van der Waals surface area (Å²) >= 11 is 0. The normalized spacial score (nSPS) is 20.1. The fourth-order valence-corrected chi connectivity index (χ4v) is 2.64. The summed E-state index contributed by atoms with van der Waals surface area (Å²) in [5, 5.41) is 8.75. The van der Waals surface area contributed by atoms with Crippen molar-refractivity contribution in [1.82, 2.24) is 9.55 Å². The molecule has 2 heterocycles. The topological polar surface area (TPSA) is 58.4 Å². The Morgan fingerprint density at radius 1 is 1.61 bits per heavy atom. The monoisotopic (exact) mass is 251 g/mol. The van der Waals surface area contributed by atoms with Gasteiger partial charge in [0.1, 0.15) is 0 Å². The van der Waals surface area contributed by atoms with Crippen LogP contribution in [0.2, 0.25) is 0 Å². The molecule has 100 valence electrons. The second-order valence-corrected chi connectivity index (χ2v) is 4.90. The first-order chi connectivity index (χ1) is 8.70. The molecule has 1 aliphatic heterocycles. The van der Waals surface area contributed by atoms with Crippen LogP contribution in [0.15, 0.2) is 12.4 Å². The molecule has 18 heavy (non-hydrogen) atoms. The van der Waals surface area contributed by atoms with E-state index in [4.69, 9.17) is 5.11 Å². The maximum Gasteiger partial charge on any atom is 0.303 e. The summed E-state index contributed by atoms with van der Waals surface area (Å²) in [6.45, 7) is 4.99. The smallest absolute Gasteiger partial charge is 0.303 e. The fourth-order valence-electron chi connectivity index (χ4n) is 2.64. The quantitative estimate of drug-likeness (QED) is 0.869. The number of nitrogens with zero attached hydrogens (tertiary/aromatic N) is 3. The van der Waals surface area contributed by atoms with Gasteiger partial charge in [-0.05, 0) is 32.1 Å². The Kier molecular flexibility index (Phi) is 4.23. The van der Waals surface area contributed by atoms with Gasteiger partial charge in [-0.3, -0.25) is 4.79 Å². The third-order valence-corrected chi connectivity index (χ3v) is 3.60. The van der Waals surface area contributed by atoms with E-state index >= 15 is 0 Å². The molecule has 0 aromatic carbocycles. The van der Waals surface area contributed by atoms with Crippen molar-refractivity contribution >= 4 is 11.9 Å². The predicted octanol–water partition coefficient (Wildman–Crippen LogP) is 1.98. The molecular formula is C13H21N3O2. The summed E-state index contributed by atoms with van der Waals surface area (Å²) in [7, 11) is 0. The molecule has 1 N–H and O–H groups in total. The minimum absolute atomic E-state index is 0.278. The Bertz CT molecular complexity index is 403. The van der Waals surface area contributed by atoms with E-state index in [1.165, 1.54) is 0 Å². The molecule has 1 unspecified atom stereocenters. The average molecular weight is 251 g/mol. The summed E-state index contributed by atoms with van der Waals surface area (Å²) in [5.74, 6) is 0.816. The SMILES string of the molecule is CCn1ccnc1N1CCCC(CCC(=O)O)C1. The zero-order chi connectivity index (χ0) is 13.0. The van der Waals surface area contributed by atoms with E-state index in [0.29, 0.717) is 5.92 Å². The minimum Gasteiger partial charge on any atom is -0.481 e. The van der Waals surface area contributed by atoms with Crippen molar-refractivity contribution in [3.63, 3.8) is 0 Å². The number of carboxylic acids is 1. The van der Waals surface area contributed by atoms with Crippen molar-refractivity contribution in [2.45, 2.75) is 39.2 Å². The number of imidazole rings is 1. The molecule has 5 nitrogen and oxygen atoms in total. The van der Waals surface area contributed by atoms with Gasteiger partial charge in [0.25, 0.3) is 0 Å². The van der Waals surface area contributed by atoms with Crippen LogP contribution in [0, 0.1) is 5.92 Å². The number of piperidine rings is 1. The van der Waals surface area contributed by atoms with Crippen molar-refractivity contribution < 1.29 is 9.90 Å². The predicted molar refractivity (Wildman–Crippen MR) is 69.7 cm³/mol. The van der Waals surface area contributed by atoms with Crippen molar-refractivity contribution in [2.24, 2.45) is 5.92 Å². The van der Waals surface area contributed by atoms with Gasteiger partial charge in [-0.15, -0.1) is 0 Å². The van der Waals surface area contributed by atoms with E-state index < -0.39 is 5.97 Å². The number of hydrogen-bond donors (Lipinski definition) is 1. The number of hydrogen-bond acceptors (Lipinski definition) is 3. The fraction of sp³-hybridized carbons (Fsp3) is 0.692. The highest BCUT2D eigenvalue weighted by molar-refractivity contribution is 5.66.